The Morgan fingerprint density at radius 1 is 1.26 bits per heavy atom. The summed E-state index contributed by atoms with van der Waals surface area (Å²) < 4.78 is 10.2. The number of carbonyl (C=O) groups excluding carboxylic acids is 1. The van der Waals surface area contributed by atoms with Gasteiger partial charge in [-0.15, -0.1) is 10.2 Å². The molecule has 0 aliphatic carbocycles. The molecule has 1 fully saturated rings. The second kappa shape index (κ2) is 8.19. The van der Waals surface area contributed by atoms with E-state index in [1.807, 2.05) is 13.0 Å². The molecule has 2 aromatic rings. The van der Waals surface area contributed by atoms with Crippen molar-refractivity contribution in [2.45, 2.75) is 76.7 Å². The van der Waals surface area contributed by atoms with Gasteiger partial charge in [0.15, 0.2) is 10.9 Å². The van der Waals surface area contributed by atoms with E-state index in [4.69, 9.17) is 4.74 Å². The van der Waals surface area contributed by atoms with Gasteiger partial charge in [0, 0.05) is 43.1 Å². The number of hydrogen-bond donors (Lipinski definition) is 0. The van der Waals surface area contributed by atoms with Crippen molar-refractivity contribution < 1.29 is 9.53 Å². The number of Topliss-reactive ketones (excluding diaryl/α,β-unsaturated/α-hetero) is 1. The van der Waals surface area contributed by atoms with E-state index in [-0.39, 0.29) is 11.9 Å². The maximum Gasteiger partial charge on any atom is 0.191 e. The third-order valence-electron chi connectivity index (χ3n) is 5.69. The lowest BCUT2D eigenvalue weighted by molar-refractivity contribution is 0.0957. The third-order valence-corrected chi connectivity index (χ3v) is 6.66. The second-order valence-electron chi connectivity index (χ2n) is 7.60. The average molecular weight is 389 g/mol. The molecule has 0 spiro atoms. The van der Waals surface area contributed by atoms with Crippen LogP contribution in [0, 0.1) is 13.8 Å². The molecule has 4 rings (SSSR count). The van der Waals surface area contributed by atoms with Crippen molar-refractivity contribution >= 4 is 17.5 Å². The zero-order chi connectivity index (χ0) is 18.8. The van der Waals surface area contributed by atoms with Gasteiger partial charge in [0.25, 0.3) is 0 Å². The SMILES string of the molecule is Cc1cc(C(=O)CSc2nnc3n2CCCCC3)c(C)n1CC1CCCO1. The molecule has 0 N–H and O–H groups in total. The van der Waals surface area contributed by atoms with E-state index in [2.05, 4.69) is 26.3 Å². The first kappa shape index (κ1) is 18.7. The zero-order valence-electron chi connectivity index (χ0n) is 16.2. The van der Waals surface area contributed by atoms with Crippen molar-refractivity contribution in [2.75, 3.05) is 12.4 Å². The molecule has 1 saturated heterocycles. The molecule has 0 saturated carbocycles. The minimum Gasteiger partial charge on any atom is -0.376 e. The molecule has 2 aliphatic heterocycles. The molecule has 4 heterocycles. The lowest BCUT2D eigenvalue weighted by atomic mass is 10.2. The molecule has 0 aromatic carbocycles. The molecule has 146 valence electrons. The van der Waals surface area contributed by atoms with Crippen molar-refractivity contribution in [3.8, 4) is 0 Å². The summed E-state index contributed by atoms with van der Waals surface area (Å²) in [6, 6.07) is 2.03. The van der Waals surface area contributed by atoms with E-state index in [9.17, 15) is 4.79 Å². The van der Waals surface area contributed by atoms with E-state index >= 15 is 0 Å². The Hall–Kier alpha value is -1.60. The highest BCUT2D eigenvalue weighted by Crippen LogP contribution is 2.25. The maximum atomic E-state index is 12.9. The Kier molecular flexibility index (Phi) is 5.68. The van der Waals surface area contributed by atoms with Gasteiger partial charge in [0.1, 0.15) is 5.82 Å². The fourth-order valence-electron chi connectivity index (χ4n) is 4.13. The topological polar surface area (TPSA) is 61.9 Å². The Bertz CT molecular complexity index is 820. The number of thioether (sulfide) groups is 1. The van der Waals surface area contributed by atoms with E-state index in [1.165, 1.54) is 24.6 Å². The molecule has 0 amide bonds. The summed E-state index contributed by atoms with van der Waals surface area (Å²) in [5, 5.41) is 9.53. The Morgan fingerprint density at radius 3 is 2.96 bits per heavy atom. The first-order valence-corrected chi connectivity index (χ1v) is 11.0. The van der Waals surface area contributed by atoms with E-state index < -0.39 is 0 Å². The normalized spacial score (nSPS) is 19.9. The Morgan fingerprint density at radius 2 is 2.15 bits per heavy atom. The van der Waals surface area contributed by atoms with Gasteiger partial charge < -0.3 is 13.9 Å². The molecule has 0 radical (unpaired) electrons. The predicted molar refractivity (Wildman–Crippen MR) is 106 cm³/mol. The van der Waals surface area contributed by atoms with Crippen molar-refractivity contribution in [1.82, 2.24) is 19.3 Å². The van der Waals surface area contributed by atoms with Crippen molar-refractivity contribution in [3.63, 3.8) is 0 Å². The molecule has 2 aromatic heterocycles. The van der Waals surface area contributed by atoms with Crippen molar-refractivity contribution in [1.29, 1.82) is 0 Å². The van der Waals surface area contributed by atoms with Gasteiger partial charge in [-0.25, -0.2) is 0 Å². The summed E-state index contributed by atoms with van der Waals surface area (Å²) in [5.74, 6) is 1.64. The number of fused-ring (bicyclic) bond motifs is 1. The Balaban J connectivity index is 1.43. The first-order valence-electron chi connectivity index (χ1n) is 10.00. The van der Waals surface area contributed by atoms with Crippen LogP contribution >= 0.6 is 11.8 Å². The summed E-state index contributed by atoms with van der Waals surface area (Å²) in [7, 11) is 0. The molecule has 1 unspecified atom stereocenters. The number of rotatable bonds is 6. The highest BCUT2D eigenvalue weighted by atomic mass is 32.2. The lowest BCUT2D eigenvalue weighted by Gasteiger charge is -2.14. The summed E-state index contributed by atoms with van der Waals surface area (Å²) in [6.45, 7) is 6.78. The quantitative estimate of drug-likeness (QED) is 0.559. The van der Waals surface area contributed by atoms with Crippen LogP contribution in [0.4, 0.5) is 0 Å². The number of carbonyl (C=O) groups is 1. The highest BCUT2D eigenvalue weighted by Gasteiger charge is 2.22. The van der Waals surface area contributed by atoms with Gasteiger partial charge in [0.05, 0.1) is 11.9 Å². The fraction of sp³-hybridized carbons (Fsp3) is 0.650. The van der Waals surface area contributed by atoms with Crippen LogP contribution in [0.3, 0.4) is 0 Å². The van der Waals surface area contributed by atoms with Crippen LogP contribution in [0.25, 0.3) is 0 Å². The van der Waals surface area contributed by atoms with Crippen LogP contribution in [-0.4, -0.2) is 43.6 Å². The second-order valence-corrected chi connectivity index (χ2v) is 8.55. The average Bonchev–Trinajstić information content (AvgIpc) is 3.33. The van der Waals surface area contributed by atoms with E-state index in [0.717, 1.165) is 73.3 Å². The van der Waals surface area contributed by atoms with Crippen LogP contribution in [0.2, 0.25) is 0 Å². The summed E-state index contributed by atoms with van der Waals surface area (Å²) in [5.41, 5.74) is 3.01. The highest BCUT2D eigenvalue weighted by molar-refractivity contribution is 7.99. The van der Waals surface area contributed by atoms with E-state index in [0.29, 0.717) is 5.75 Å². The molecular formula is C20H28N4O2S. The van der Waals surface area contributed by atoms with Crippen LogP contribution in [0.1, 0.15) is 59.7 Å². The monoisotopic (exact) mass is 388 g/mol. The number of hydrogen-bond acceptors (Lipinski definition) is 5. The molecule has 1 atom stereocenters. The first-order chi connectivity index (χ1) is 13.1. The number of aromatic nitrogens is 4. The van der Waals surface area contributed by atoms with Gasteiger partial charge in [0.2, 0.25) is 0 Å². The van der Waals surface area contributed by atoms with Gasteiger partial charge in [-0.05, 0) is 45.6 Å². The largest absolute Gasteiger partial charge is 0.376 e. The molecule has 7 heteroatoms. The summed E-state index contributed by atoms with van der Waals surface area (Å²) in [4.78, 5) is 12.9. The van der Waals surface area contributed by atoms with Crippen LogP contribution in [0.5, 0.6) is 0 Å². The van der Waals surface area contributed by atoms with Gasteiger partial charge in [-0.2, -0.15) is 0 Å². The number of nitrogens with zero attached hydrogens (tertiary/aromatic N) is 4. The van der Waals surface area contributed by atoms with Crippen molar-refractivity contribution in [2.24, 2.45) is 0 Å². The van der Waals surface area contributed by atoms with Crippen LogP contribution in [0.15, 0.2) is 11.2 Å². The summed E-state index contributed by atoms with van der Waals surface area (Å²) in [6.07, 6.45) is 7.09. The molecule has 27 heavy (non-hydrogen) atoms. The van der Waals surface area contributed by atoms with E-state index in [1.54, 1.807) is 0 Å². The molecular weight excluding hydrogens is 360 g/mol. The van der Waals surface area contributed by atoms with Gasteiger partial charge in [-0.1, -0.05) is 18.2 Å². The minimum atomic E-state index is 0.165. The number of aryl methyl sites for hydroxylation is 2. The maximum absolute atomic E-state index is 12.9. The van der Waals surface area contributed by atoms with Crippen LogP contribution < -0.4 is 0 Å². The third kappa shape index (κ3) is 3.99. The fourth-order valence-corrected chi connectivity index (χ4v) is 5.00. The predicted octanol–water partition coefficient (Wildman–Crippen LogP) is 3.58. The zero-order valence-corrected chi connectivity index (χ0v) is 17.1. The minimum absolute atomic E-state index is 0.165. The van der Waals surface area contributed by atoms with Crippen molar-refractivity contribution in [3.05, 3.63) is 28.8 Å². The summed E-state index contributed by atoms with van der Waals surface area (Å²) >= 11 is 1.52. The van der Waals surface area contributed by atoms with Crippen LogP contribution in [-0.2, 0) is 24.2 Å². The van der Waals surface area contributed by atoms with Gasteiger partial charge >= 0.3 is 0 Å². The molecule has 6 nitrogen and oxygen atoms in total. The Labute approximate surface area is 164 Å². The van der Waals surface area contributed by atoms with Gasteiger partial charge in [-0.3, -0.25) is 4.79 Å². The standard InChI is InChI=1S/C20H28N4O2S/c1-14-11-17(15(2)24(14)12-16-7-6-10-26-16)18(25)13-27-20-22-21-19-8-4-3-5-9-23(19)20/h11,16H,3-10,12-13H2,1-2H3. The molecule has 0 bridgehead atoms. The smallest absolute Gasteiger partial charge is 0.191 e. The lowest BCUT2D eigenvalue weighted by Crippen LogP contribution is -2.17. The number of ether oxygens (including phenoxy) is 1. The number of ketones is 1. The molecule has 2 aliphatic rings.